The minimum Gasteiger partial charge on any atom is -0.506 e. The summed E-state index contributed by atoms with van der Waals surface area (Å²) >= 11 is 6.07. The number of amides is 1. The fourth-order valence-electron chi connectivity index (χ4n) is 3.79. The topological polar surface area (TPSA) is 109 Å². The summed E-state index contributed by atoms with van der Waals surface area (Å²) in [6.07, 6.45) is 0. The maximum Gasteiger partial charge on any atom is 0.290 e. The van der Waals surface area contributed by atoms with E-state index in [-0.39, 0.29) is 35.3 Å². The molecule has 0 spiro atoms. The molecule has 32 heavy (non-hydrogen) atoms. The van der Waals surface area contributed by atoms with Gasteiger partial charge in [-0.25, -0.2) is 0 Å². The molecule has 0 saturated carbocycles. The number of halogens is 1. The molecule has 1 atom stereocenters. The number of hydrogen-bond acceptors (Lipinski definition) is 7. The number of ether oxygens (including phenoxy) is 2. The molecule has 1 aromatic heterocycles. The molecule has 3 aromatic rings. The maximum atomic E-state index is 13.5. The first-order valence-corrected chi connectivity index (χ1v) is 10.1. The van der Waals surface area contributed by atoms with Gasteiger partial charge in [0.15, 0.2) is 22.9 Å². The lowest BCUT2D eigenvalue weighted by molar-refractivity contribution is -0.130. The quantitative estimate of drug-likeness (QED) is 0.515. The second kappa shape index (κ2) is 8.57. The Labute approximate surface area is 188 Å². The number of benzene rings is 2. The summed E-state index contributed by atoms with van der Waals surface area (Å²) in [6, 6.07) is 10.1. The number of fused-ring (bicyclic) bond motifs is 1. The standard InChI is InChI=1S/C23H20ClNO7/c1-30-9-8-25-19(12-6-7-15(26)14(24)10-12)18(21(28)23(25)29)20(27)17-11-13-4-3-5-16(31-2)22(13)32-17/h3-7,10-11,19,26,28H,8-9H2,1-2H3. The maximum absolute atomic E-state index is 13.5. The molecule has 0 fully saturated rings. The first-order valence-electron chi connectivity index (χ1n) is 9.70. The van der Waals surface area contributed by atoms with Gasteiger partial charge in [-0.15, -0.1) is 0 Å². The number of aromatic hydroxyl groups is 1. The number of hydrogen-bond donors (Lipinski definition) is 2. The molecular formula is C23H20ClNO7. The van der Waals surface area contributed by atoms with Gasteiger partial charge in [-0.1, -0.05) is 29.8 Å². The van der Waals surface area contributed by atoms with Crippen LogP contribution in [-0.2, 0) is 9.53 Å². The second-order valence-electron chi connectivity index (χ2n) is 7.19. The summed E-state index contributed by atoms with van der Waals surface area (Å²) in [7, 11) is 2.97. The van der Waals surface area contributed by atoms with E-state index in [1.54, 1.807) is 18.2 Å². The average molecular weight is 458 g/mol. The number of methoxy groups -OCH3 is 2. The van der Waals surface area contributed by atoms with Gasteiger partial charge >= 0.3 is 0 Å². The molecule has 1 aliphatic heterocycles. The summed E-state index contributed by atoms with van der Waals surface area (Å²) in [5.74, 6) is -1.79. The lowest BCUT2D eigenvalue weighted by atomic mass is 9.95. The Balaban J connectivity index is 1.83. The van der Waals surface area contributed by atoms with E-state index in [0.29, 0.717) is 22.3 Å². The van der Waals surface area contributed by atoms with Crippen LogP contribution in [0.2, 0.25) is 5.02 Å². The Morgan fingerprint density at radius 3 is 2.66 bits per heavy atom. The molecular weight excluding hydrogens is 438 g/mol. The molecule has 0 saturated heterocycles. The van der Waals surface area contributed by atoms with Crippen molar-refractivity contribution in [3.63, 3.8) is 0 Å². The molecule has 4 rings (SSSR count). The number of phenols is 1. The number of aliphatic hydroxyl groups excluding tert-OH is 1. The van der Waals surface area contributed by atoms with Crippen molar-refractivity contribution in [1.82, 2.24) is 4.90 Å². The molecule has 1 amide bonds. The lowest BCUT2D eigenvalue weighted by Gasteiger charge is -2.26. The van der Waals surface area contributed by atoms with Crippen LogP contribution in [0.25, 0.3) is 11.0 Å². The molecule has 8 nitrogen and oxygen atoms in total. The van der Waals surface area contributed by atoms with Crippen molar-refractivity contribution < 1.29 is 33.7 Å². The minimum absolute atomic E-state index is 0.0494. The highest BCUT2D eigenvalue weighted by Crippen LogP contribution is 2.41. The molecule has 0 radical (unpaired) electrons. The van der Waals surface area contributed by atoms with Gasteiger partial charge < -0.3 is 29.0 Å². The van der Waals surface area contributed by atoms with Crippen molar-refractivity contribution in [3.8, 4) is 11.5 Å². The Morgan fingerprint density at radius 2 is 1.97 bits per heavy atom. The normalized spacial score (nSPS) is 16.3. The number of para-hydroxylation sites is 1. The zero-order valence-corrected chi connectivity index (χ0v) is 18.0. The van der Waals surface area contributed by atoms with E-state index in [1.165, 1.54) is 43.4 Å². The first kappa shape index (κ1) is 21.7. The van der Waals surface area contributed by atoms with Crippen LogP contribution in [-0.4, -0.2) is 54.2 Å². The monoisotopic (exact) mass is 457 g/mol. The van der Waals surface area contributed by atoms with Gasteiger partial charge in [0.25, 0.3) is 5.91 Å². The zero-order chi connectivity index (χ0) is 23.0. The van der Waals surface area contributed by atoms with Crippen molar-refractivity contribution in [2.75, 3.05) is 27.4 Å². The predicted molar refractivity (Wildman–Crippen MR) is 116 cm³/mol. The molecule has 2 aromatic carbocycles. The average Bonchev–Trinajstić information content (AvgIpc) is 3.33. The molecule has 1 aliphatic rings. The van der Waals surface area contributed by atoms with E-state index < -0.39 is 23.5 Å². The van der Waals surface area contributed by atoms with E-state index >= 15 is 0 Å². The van der Waals surface area contributed by atoms with E-state index in [9.17, 15) is 19.8 Å². The molecule has 2 N–H and O–H groups in total. The summed E-state index contributed by atoms with van der Waals surface area (Å²) in [5, 5.41) is 21.1. The van der Waals surface area contributed by atoms with Gasteiger partial charge in [0.05, 0.1) is 30.4 Å². The van der Waals surface area contributed by atoms with Crippen LogP contribution < -0.4 is 4.74 Å². The number of rotatable bonds is 7. The van der Waals surface area contributed by atoms with Crippen LogP contribution in [0.3, 0.4) is 0 Å². The van der Waals surface area contributed by atoms with Crippen molar-refractivity contribution in [2.45, 2.75) is 6.04 Å². The lowest BCUT2D eigenvalue weighted by Crippen LogP contribution is -2.34. The number of ketones is 1. The predicted octanol–water partition coefficient (Wildman–Crippen LogP) is 4.03. The number of carbonyl (C=O) groups excluding carboxylic acids is 2. The van der Waals surface area contributed by atoms with Crippen molar-refractivity contribution in [1.29, 1.82) is 0 Å². The highest BCUT2D eigenvalue weighted by molar-refractivity contribution is 6.32. The Hall–Kier alpha value is -3.49. The van der Waals surface area contributed by atoms with E-state index in [1.807, 2.05) is 0 Å². The van der Waals surface area contributed by atoms with Crippen molar-refractivity contribution in [3.05, 3.63) is 70.1 Å². The Kier molecular flexibility index (Phi) is 5.82. The number of Topliss-reactive ketones (excluding diaryl/α,β-unsaturated/α-hetero) is 1. The van der Waals surface area contributed by atoms with Gasteiger partial charge in [-0.2, -0.15) is 0 Å². The number of phenolic OH excluding ortho intramolecular Hbond substituents is 1. The number of aliphatic hydroxyl groups is 1. The van der Waals surface area contributed by atoms with Gasteiger partial charge in [0.1, 0.15) is 5.75 Å². The Morgan fingerprint density at radius 1 is 1.19 bits per heavy atom. The summed E-state index contributed by atoms with van der Waals surface area (Å²) in [4.78, 5) is 27.6. The smallest absolute Gasteiger partial charge is 0.290 e. The molecule has 166 valence electrons. The molecule has 0 bridgehead atoms. The fraction of sp³-hybridized carbons (Fsp3) is 0.217. The number of carbonyl (C=O) groups is 2. The molecule has 2 heterocycles. The van der Waals surface area contributed by atoms with E-state index in [2.05, 4.69) is 0 Å². The molecule has 0 aliphatic carbocycles. The fourth-order valence-corrected chi connectivity index (χ4v) is 3.98. The minimum atomic E-state index is -0.946. The number of nitrogens with zero attached hydrogens (tertiary/aromatic N) is 1. The second-order valence-corrected chi connectivity index (χ2v) is 7.59. The third kappa shape index (κ3) is 3.57. The van der Waals surface area contributed by atoms with Gasteiger partial charge in [-0.05, 0) is 29.8 Å². The SMILES string of the molecule is COCCN1C(=O)C(O)=C(C(=O)c2cc3cccc(OC)c3o2)C1c1ccc(O)c(Cl)c1. The molecule has 9 heteroatoms. The van der Waals surface area contributed by atoms with Crippen LogP contribution in [0.15, 0.2) is 58.2 Å². The van der Waals surface area contributed by atoms with E-state index in [4.69, 9.17) is 25.5 Å². The highest BCUT2D eigenvalue weighted by Gasteiger charge is 2.44. The Bertz CT molecular complexity index is 1250. The van der Waals surface area contributed by atoms with Gasteiger partial charge in [0.2, 0.25) is 5.78 Å². The van der Waals surface area contributed by atoms with Crippen molar-refractivity contribution in [2.24, 2.45) is 0 Å². The summed E-state index contributed by atoms with van der Waals surface area (Å²) in [6.45, 7) is 0.304. The molecule has 1 unspecified atom stereocenters. The van der Waals surface area contributed by atoms with Crippen LogP contribution in [0, 0.1) is 0 Å². The number of furan rings is 1. The summed E-state index contributed by atoms with van der Waals surface area (Å²) < 4.78 is 16.1. The zero-order valence-electron chi connectivity index (χ0n) is 17.3. The third-order valence-corrected chi connectivity index (χ3v) is 5.63. The third-order valence-electron chi connectivity index (χ3n) is 5.32. The van der Waals surface area contributed by atoms with E-state index in [0.717, 1.165) is 0 Å². The van der Waals surface area contributed by atoms with Crippen LogP contribution >= 0.6 is 11.6 Å². The van der Waals surface area contributed by atoms with Crippen LogP contribution in [0.1, 0.15) is 22.2 Å². The highest BCUT2D eigenvalue weighted by atomic mass is 35.5. The largest absolute Gasteiger partial charge is 0.506 e. The van der Waals surface area contributed by atoms with Crippen molar-refractivity contribution >= 4 is 34.3 Å². The first-order chi connectivity index (χ1) is 15.4. The van der Waals surface area contributed by atoms with Crippen LogP contribution in [0.5, 0.6) is 11.5 Å². The van der Waals surface area contributed by atoms with Gasteiger partial charge in [0, 0.05) is 19.0 Å². The van der Waals surface area contributed by atoms with Crippen LogP contribution in [0.4, 0.5) is 0 Å². The summed E-state index contributed by atoms with van der Waals surface area (Å²) in [5.41, 5.74) is 0.674. The van der Waals surface area contributed by atoms with Gasteiger partial charge in [-0.3, -0.25) is 9.59 Å².